The number of anilines is 1. The van der Waals surface area contributed by atoms with E-state index in [0.29, 0.717) is 5.56 Å². The molecule has 1 heterocycles. The number of nitrogens with zero attached hydrogens (tertiary/aromatic N) is 4. The van der Waals surface area contributed by atoms with Crippen molar-refractivity contribution in [1.82, 2.24) is 14.9 Å². The summed E-state index contributed by atoms with van der Waals surface area (Å²) in [5, 5.41) is 11.0. The maximum atomic E-state index is 13.2. The fourth-order valence-corrected chi connectivity index (χ4v) is 1.06. The first-order chi connectivity index (χ1) is 7.77. The number of nitrogen functional groups attached to an aromatic ring is 1. The van der Waals surface area contributed by atoms with Gasteiger partial charge in [0.05, 0.1) is 6.21 Å². The average molecular weight is 220 g/mol. The van der Waals surface area contributed by atoms with Crippen LogP contribution in [0.4, 0.5) is 10.3 Å². The molecule has 0 fully saturated rings. The Labute approximate surface area is 90.6 Å². The zero-order valence-corrected chi connectivity index (χ0v) is 8.21. The van der Waals surface area contributed by atoms with Crippen LogP contribution in [0.2, 0.25) is 0 Å². The summed E-state index contributed by atoms with van der Waals surface area (Å²) in [6, 6.07) is 6.28. The van der Waals surface area contributed by atoms with Gasteiger partial charge in [-0.05, 0) is 6.07 Å². The van der Waals surface area contributed by atoms with Crippen molar-refractivity contribution in [2.24, 2.45) is 5.10 Å². The molecule has 0 aliphatic heterocycles. The summed E-state index contributed by atoms with van der Waals surface area (Å²) in [7, 11) is 0. The number of benzene rings is 1. The number of aromatic nitrogens is 3. The molecule has 0 aliphatic rings. The molecular formula is C9H9FN6. The van der Waals surface area contributed by atoms with E-state index in [-0.39, 0.29) is 11.8 Å². The van der Waals surface area contributed by atoms with Crippen molar-refractivity contribution < 1.29 is 4.39 Å². The Hall–Kier alpha value is -2.44. The van der Waals surface area contributed by atoms with Gasteiger partial charge in [-0.2, -0.15) is 5.10 Å². The van der Waals surface area contributed by atoms with Crippen molar-refractivity contribution in [3.05, 3.63) is 42.0 Å². The maximum absolute atomic E-state index is 13.2. The molecule has 0 saturated carbocycles. The van der Waals surface area contributed by atoms with Gasteiger partial charge in [0.1, 0.15) is 12.1 Å². The lowest BCUT2D eigenvalue weighted by molar-refractivity contribution is 0.626. The van der Waals surface area contributed by atoms with E-state index in [2.05, 4.69) is 20.7 Å². The van der Waals surface area contributed by atoms with E-state index in [4.69, 9.17) is 5.84 Å². The lowest BCUT2D eigenvalue weighted by Gasteiger charge is -1.98. The number of hydrogen-bond donors (Lipinski definition) is 2. The lowest BCUT2D eigenvalue weighted by atomic mass is 10.2. The third-order valence-corrected chi connectivity index (χ3v) is 1.85. The van der Waals surface area contributed by atoms with Crippen molar-refractivity contribution >= 4 is 12.2 Å². The zero-order chi connectivity index (χ0) is 11.4. The van der Waals surface area contributed by atoms with Crippen molar-refractivity contribution in [2.45, 2.75) is 0 Å². The van der Waals surface area contributed by atoms with Crippen LogP contribution in [0.3, 0.4) is 0 Å². The Morgan fingerprint density at radius 1 is 1.44 bits per heavy atom. The number of halogens is 1. The van der Waals surface area contributed by atoms with E-state index < -0.39 is 0 Å². The van der Waals surface area contributed by atoms with Gasteiger partial charge in [0.25, 0.3) is 5.95 Å². The van der Waals surface area contributed by atoms with Crippen molar-refractivity contribution in [3.63, 3.8) is 0 Å². The van der Waals surface area contributed by atoms with Crippen LogP contribution in [0.1, 0.15) is 5.56 Å². The fourth-order valence-electron chi connectivity index (χ4n) is 1.06. The van der Waals surface area contributed by atoms with E-state index in [1.165, 1.54) is 23.3 Å². The molecule has 0 bridgehead atoms. The monoisotopic (exact) mass is 220 g/mol. The molecule has 0 spiro atoms. The van der Waals surface area contributed by atoms with Gasteiger partial charge >= 0.3 is 0 Å². The quantitative estimate of drug-likeness (QED) is 0.450. The molecule has 0 radical (unpaired) electrons. The molecular weight excluding hydrogens is 211 g/mol. The van der Waals surface area contributed by atoms with Crippen molar-refractivity contribution in [3.8, 4) is 0 Å². The highest BCUT2D eigenvalue weighted by molar-refractivity contribution is 5.80. The normalized spacial score (nSPS) is 10.8. The molecule has 3 N–H and O–H groups in total. The Balaban J connectivity index is 2.06. The van der Waals surface area contributed by atoms with E-state index >= 15 is 0 Å². The minimum Gasteiger partial charge on any atom is -0.335 e. The van der Waals surface area contributed by atoms with Crippen LogP contribution in [0.5, 0.6) is 0 Å². The largest absolute Gasteiger partial charge is 0.335 e. The standard InChI is InChI=1S/C9H9FN6/c10-8-4-2-1-3-7(8)5-12-14-9-15-13-6-16(9)11/h1-6H,11H2,(H,14,15)/b12-5-. The smallest absolute Gasteiger partial charge is 0.263 e. The first kappa shape index (κ1) is 10.1. The minimum absolute atomic E-state index is 0.271. The average Bonchev–Trinajstić information content (AvgIpc) is 2.67. The van der Waals surface area contributed by atoms with Gasteiger partial charge in [-0.25, -0.2) is 14.5 Å². The molecule has 7 heteroatoms. The Morgan fingerprint density at radius 2 is 2.25 bits per heavy atom. The van der Waals surface area contributed by atoms with Crippen molar-refractivity contribution in [2.75, 3.05) is 11.3 Å². The van der Waals surface area contributed by atoms with Gasteiger partial charge in [0.15, 0.2) is 0 Å². The molecule has 82 valence electrons. The van der Waals surface area contributed by atoms with Gasteiger partial charge in [0.2, 0.25) is 0 Å². The van der Waals surface area contributed by atoms with Gasteiger partial charge in [-0.15, -0.1) is 10.2 Å². The number of rotatable bonds is 3. The predicted molar refractivity (Wildman–Crippen MR) is 57.8 cm³/mol. The summed E-state index contributed by atoms with van der Waals surface area (Å²) in [4.78, 5) is 0. The lowest BCUT2D eigenvalue weighted by Crippen LogP contribution is -2.10. The summed E-state index contributed by atoms with van der Waals surface area (Å²) in [5.41, 5.74) is 2.91. The molecule has 2 aromatic rings. The van der Waals surface area contributed by atoms with Gasteiger partial charge in [0, 0.05) is 5.56 Å². The van der Waals surface area contributed by atoms with E-state index in [0.717, 1.165) is 0 Å². The number of hydrogen-bond acceptors (Lipinski definition) is 5. The molecule has 0 amide bonds. The van der Waals surface area contributed by atoms with Crippen LogP contribution in [0.15, 0.2) is 35.7 Å². The molecule has 0 unspecified atom stereocenters. The summed E-state index contributed by atoms with van der Waals surface area (Å²) in [6.07, 6.45) is 2.66. The second-order valence-corrected chi connectivity index (χ2v) is 2.95. The molecule has 2 rings (SSSR count). The highest BCUT2D eigenvalue weighted by Gasteiger charge is 1.98. The third kappa shape index (κ3) is 2.14. The number of nitrogens with two attached hydrogens (primary N) is 1. The SMILES string of the molecule is Nn1cnnc1N/N=C\c1ccccc1F. The molecule has 0 atom stereocenters. The summed E-state index contributed by atoms with van der Waals surface area (Å²) in [6.45, 7) is 0. The molecule has 6 nitrogen and oxygen atoms in total. The van der Waals surface area contributed by atoms with Gasteiger partial charge < -0.3 is 5.84 Å². The second kappa shape index (κ2) is 4.39. The predicted octanol–water partition coefficient (Wildman–Crippen LogP) is 0.577. The Kier molecular flexibility index (Phi) is 2.77. The van der Waals surface area contributed by atoms with E-state index in [1.807, 2.05) is 0 Å². The zero-order valence-electron chi connectivity index (χ0n) is 8.21. The Bertz CT molecular complexity index is 506. The number of nitrogens with one attached hydrogen (secondary N) is 1. The summed E-state index contributed by atoms with van der Waals surface area (Å²) in [5.74, 6) is 5.36. The molecule has 0 saturated heterocycles. The van der Waals surface area contributed by atoms with Crippen LogP contribution in [-0.4, -0.2) is 21.1 Å². The minimum atomic E-state index is -0.345. The van der Waals surface area contributed by atoms with Gasteiger partial charge in [-0.3, -0.25) is 0 Å². The molecule has 1 aromatic heterocycles. The second-order valence-electron chi connectivity index (χ2n) is 2.95. The van der Waals surface area contributed by atoms with E-state index in [1.54, 1.807) is 18.2 Å². The fraction of sp³-hybridized carbons (Fsp3) is 0. The summed E-state index contributed by atoms with van der Waals surface area (Å²) >= 11 is 0. The highest BCUT2D eigenvalue weighted by atomic mass is 19.1. The molecule has 16 heavy (non-hydrogen) atoms. The topological polar surface area (TPSA) is 81.1 Å². The summed E-state index contributed by atoms with van der Waals surface area (Å²) < 4.78 is 14.3. The Morgan fingerprint density at radius 3 is 2.94 bits per heavy atom. The first-order valence-corrected chi connectivity index (χ1v) is 4.46. The molecule has 0 aliphatic carbocycles. The van der Waals surface area contributed by atoms with Crippen LogP contribution >= 0.6 is 0 Å². The van der Waals surface area contributed by atoms with Crippen LogP contribution in [0.25, 0.3) is 0 Å². The highest BCUT2D eigenvalue weighted by Crippen LogP contribution is 2.03. The van der Waals surface area contributed by atoms with Crippen LogP contribution < -0.4 is 11.3 Å². The van der Waals surface area contributed by atoms with Crippen molar-refractivity contribution in [1.29, 1.82) is 0 Å². The first-order valence-electron chi connectivity index (χ1n) is 4.46. The van der Waals surface area contributed by atoms with Gasteiger partial charge in [-0.1, -0.05) is 18.2 Å². The number of hydrazone groups is 1. The third-order valence-electron chi connectivity index (χ3n) is 1.85. The van der Waals surface area contributed by atoms with Crippen LogP contribution in [0, 0.1) is 5.82 Å². The van der Waals surface area contributed by atoms with Crippen LogP contribution in [-0.2, 0) is 0 Å². The van der Waals surface area contributed by atoms with E-state index in [9.17, 15) is 4.39 Å². The maximum Gasteiger partial charge on any atom is 0.263 e. The molecule has 1 aromatic carbocycles.